The van der Waals surface area contributed by atoms with E-state index in [0.29, 0.717) is 50.3 Å². The molecule has 3 rings (SSSR count). The first kappa shape index (κ1) is 17.8. The van der Waals surface area contributed by atoms with Gasteiger partial charge in [-0.1, -0.05) is 6.07 Å². The van der Waals surface area contributed by atoms with Crippen molar-refractivity contribution in [2.75, 3.05) is 32.7 Å². The van der Waals surface area contributed by atoms with Crippen LogP contribution in [0.1, 0.15) is 20.8 Å². The zero-order valence-electron chi connectivity index (χ0n) is 14.2. The molecule has 0 aliphatic carbocycles. The summed E-state index contributed by atoms with van der Waals surface area (Å²) in [6, 6.07) is 8.39. The Morgan fingerprint density at radius 1 is 1.16 bits per heavy atom. The van der Waals surface area contributed by atoms with Crippen LogP contribution in [0.4, 0.5) is 4.39 Å². The fourth-order valence-electron chi connectivity index (χ4n) is 2.94. The third kappa shape index (κ3) is 4.52. The van der Waals surface area contributed by atoms with Gasteiger partial charge in [-0.05, 0) is 42.1 Å². The molecule has 0 saturated carbocycles. The summed E-state index contributed by atoms with van der Waals surface area (Å²) in [5, 5.41) is 1.98. The Kier molecular flexibility index (Phi) is 5.60. The molecule has 0 spiro atoms. The number of carbonyl (C=O) groups excluding carboxylic acids is 2. The van der Waals surface area contributed by atoms with Crippen molar-refractivity contribution >= 4 is 23.0 Å². The summed E-state index contributed by atoms with van der Waals surface area (Å²) in [6.07, 6.45) is 0.450. The van der Waals surface area contributed by atoms with Crippen molar-refractivity contribution in [2.24, 2.45) is 0 Å². The van der Waals surface area contributed by atoms with E-state index in [1.165, 1.54) is 12.1 Å². The van der Waals surface area contributed by atoms with Crippen molar-refractivity contribution in [2.45, 2.75) is 13.3 Å². The van der Waals surface area contributed by atoms with Gasteiger partial charge in [0.15, 0.2) is 5.78 Å². The maximum atomic E-state index is 13.3. The first-order valence-electron chi connectivity index (χ1n) is 8.35. The van der Waals surface area contributed by atoms with Crippen LogP contribution in [0.3, 0.4) is 0 Å². The van der Waals surface area contributed by atoms with Gasteiger partial charge in [-0.25, -0.2) is 4.39 Å². The van der Waals surface area contributed by atoms with E-state index in [4.69, 9.17) is 0 Å². The van der Waals surface area contributed by atoms with Gasteiger partial charge in [0.25, 0.3) is 0 Å². The van der Waals surface area contributed by atoms with E-state index in [9.17, 15) is 14.0 Å². The fraction of sp³-hybridized carbons (Fsp3) is 0.368. The number of aryl methyl sites for hydroxylation is 1. The monoisotopic (exact) mass is 360 g/mol. The Labute approximate surface area is 150 Å². The normalized spacial score (nSPS) is 15.4. The van der Waals surface area contributed by atoms with E-state index in [1.54, 1.807) is 24.3 Å². The molecule has 1 aliphatic heterocycles. The van der Waals surface area contributed by atoms with Gasteiger partial charge < -0.3 is 4.90 Å². The van der Waals surface area contributed by atoms with Crippen molar-refractivity contribution in [3.05, 3.63) is 57.5 Å². The Bertz CT molecular complexity index is 753. The van der Waals surface area contributed by atoms with Crippen molar-refractivity contribution in [1.82, 2.24) is 9.80 Å². The lowest BCUT2D eigenvalue weighted by Crippen LogP contribution is -2.50. The Morgan fingerprint density at radius 2 is 1.92 bits per heavy atom. The number of amides is 1. The minimum Gasteiger partial charge on any atom is -0.340 e. The van der Waals surface area contributed by atoms with Crippen LogP contribution < -0.4 is 0 Å². The van der Waals surface area contributed by atoms with E-state index in [0.717, 1.165) is 4.88 Å². The average Bonchev–Trinajstić information content (AvgIpc) is 3.11. The smallest absolute Gasteiger partial charge is 0.227 e. The third-order valence-electron chi connectivity index (χ3n) is 4.48. The summed E-state index contributed by atoms with van der Waals surface area (Å²) >= 11 is 1.59. The first-order valence-corrected chi connectivity index (χ1v) is 9.23. The van der Waals surface area contributed by atoms with Crippen LogP contribution in [-0.2, 0) is 11.2 Å². The molecular formula is C19H21FN2O2S. The van der Waals surface area contributed by atoms with Crippen molar-refractivity contribution < 1.29 is 14.0 Å². The molecule has 2 heterocycles. The molecule has 0 atom stereocenters. The highest BCUT2D eigenvalue weighted by molar-refractivity contribution is 7.10. The summed E-state index contributed by atoms with van der Waals surface area (Å²) < 4.78 is 13.3. The topological polar surface area (TPSA) is 40.6 Å². The average molecular weight is 360 g/mol. The molecule has 1 aliphatic rings. The van der Waals surface area contributed by atoms with E-state index in [2.05, 4.69) is 4.90 Å². The molecule has 6 heteroatoms. The molecule has 2 aromatic rings. The summed E-state index contributed by atoms with van der Waals surface area (Å²) in [6.45, 7) is 4.60. The molecule has 0 N–H and O–H groups in total. The zero-order valence-corrected chi connectivity index (χ0v) is 15.0. The molecule has 4 nitrogen and oxygen atoms in total. The van der Waals surface area contributed by atoms with Crippen LogP contribution in [0.25, 0.3) is 0 Å². The lowest BCUT2D eigenvalue weighted by Gasteiger charge is -2.34. The molecule has 1 amide bonds. The summed E-state index contributed by atoms with van der Waals surface area (Å²) in [5.74, 6) is -0.168. The van der Waals surface area contributed by atoms with Crippen LogP contribution in [-0.4, -0.2) is 54.2 Å². The number of ketones is 1. The van der Waals surface area contributed by atoms with Gasteiger partial charge in [0, 0.05) is 36.6 Å². The maximum absolute atomic E-state index is 13.3. The van der Waals surface area contributed by atoms with Crippen molar-refractivity contribution in [3.8, 4) is 0 Å². The number of hydrogen-bond donors (Lipinski definition) is 0. The molecule has 1 saturated heterocycles. The predicted octanol–water partition coefficient (Wildman–Crippen LogP) is 2.77. The number of Topliss-reactive ketones (excluding diaryl/α,β-unsaturated/α-hetero) is 1. The van der Waals surface area contributed by atoms with Gasteiger partial charge >= 0.3 is 0 Å². The molecule has 1 aromatic carbocycles. The number of piperazine rings is 1. The van der Waals surface area contributed by atoms with Gasteiger partial charge in [-0.2, -0.15) is 0 Å². The SMILES string of the molecule is Cc1cc(C(=O)CN2CCN(C(=O)Cc3cccs3)CC2)ccc1F. The number of carbonyl (C=O) groups is 2. The van der Waals surface area contributed by atoms with Gasteiger partial charge in [-0.15, -0.1) is 11.3 Å². The molecule has 1 fully saturated rings. The van der Waals surface area contributed by atoms with Gasteiger partial charge in [-0.3, -0.25) is 14.5 Å². The highest BCUT2D eigenvalue weighted by atomic mass is 32.1. The summed E-state index contributed by atoms with van der Waals surface area (Å²) in [7, 11) is 0. The van der Waals surface area contributed by atoms with Gasteiger partial charge in [0.1, 0.15) is 5.82 Å². The van der Waals surface area contributed by atoms with Crippen LogP contribution in [0.15, 0.2) is 35.7 Å². The summed E-state index contributed by atoms with van der Waals surface area (Å²) in [4.78, 5) is 29.7. The van der Waals surface area contributed by atoms with E-state index in [-0.39, 0.29) is 17.5 Å². The van der Waals surface area contributed by atoms with Crippen molar-refractivity contribution in [3.63, 3.8) is 0 Å². The standard InChI is InChI=1S/C19H21FN2O2S/c1-14-11-15(4-5-17(14)20)18(23)13-21-6-8-22(9-7-21)19(24)12-16-3-2-10-25-16/h2-5,10-11H,6-9,12-13H2,1H3. The molecule has 0 radical (unpaired) electrons. The number of thiophene rings is 1. The Balaban J connectivity index is 1.49. The van der Waals surface area contributed by atoms with Gasteiger partial charge in [0.05, 0.1) is 13.0 Å². The maximum Gasteiger partial charge on any atom is 0.227 e. The van der Waals surface area contributed by atoms with Crippen molar-refractivity contribution in [1.29, 1.82) is 0 Å². The van der Waals surface area contributed by atoms with Crippen LogP contribution in [0.2, 0.25) is 0 Å². The molecule has 25 heavy (non-hydrogen) atoms. The fourth-order valence-corrected chi connectivity index (χ4v) is 3.64. The molecule has 1 aromatic heterocycles. The van der Waals surface area contributed by atoms with E-state index >= 15 is 0 Å². The number of nitrogens with zero attached hydrogens (tertiary/aromatic N) is 2. The quantitative estimate of drug-likeness (QED) is 0.770. The second kappa shape index (κ2) is 7.89. The highest BCUT2D eigenvalue weighted by Gasteiger charge is 2.23. The molecule has 0 bridgehead atoms. The third-order valence-corrected chi connectivity index (χ3v) is 5.35. The van der Waals surface area contributed by atoms with E-state index in [1.807, 2.05) is 22.4 Å². The summed E-state index contributed by atoms with van der Waals surface area (Å²) in [5.41, 5.74) is 1.02. The molecule has 132 valence electrons. The van der Waals surface area contributed by atoms with E-state index < -0.39 is 0 Å². The number of hydrogen-bond acceptors (Lipinski definition) is 4. The Hall–Kier alpha value is -2.05. The minimum absolute atomic E-state index is 0.0125. The van der Waals surface area contributed by atoms with Gasteiger partial charge in [0.2, 0.25) is 5.91 Å². The molecular weight excluding hydrogens is 339 g/mol. The second-order valence-corrected chi connectivity index (χ2v) is 7.33. The minimum atomic E-state index is -0.297. The lowest BCUT2D eigenvalue weighted by molar-refractivity contribution is -0.132. The largest absolute Gasteiger partial charge is 0.340 e. The molecule has 0 unspecified atom stereocenters. The number of benzene rings is 1. The van der Waals surface area contributed by atoms with Crippen LogP contribution >= 0.6 is 11.3 Å². The zero-order chi connectivity index (χ0) is 17.8. The number of halogens is 1. The second-order valence-electron chi connectivity index (χ2n) is 6.30. The first-order chi connectivity index (χ1) is 12.0. The van der Waals surface area contributed by atoms with Crippen LogP contribution in [0.5, 0.6) is 0 Å². The number of rotatable bonds is 5. The predicted molar refractivity (Wildman–Crippen MR) is 96.5 cm³/mol. The lowest BCUT2D eigenvalue weighted by atomic mass is 10.1. The Morgan fingerprint density at radius 3 is 2.56 bits per heavy atom. The highest BCUT2D eigenvalue weighted by Crippen LogP contribution is 2.13. The van der Waals surface area contributed by atoms with Crippen LogP contribution in [0, 0.1) is 12.7 Å².